The fraction of sp³-hybridized carbons (Fsp3) is 0.444. The van der Waals surface area contributed by atoms with Gasteiger partial charge in [0.05, 0.1) is 0 Å². The van der Waals surface area contributed by atoms with E-state index in [4.69, 9.17) is 10.9 Å². The molecule has 3 N–H and O–H groups in total. The first kappa shape index (κ1) is 11.2. The van der Waals surface area contributed by atoms with Crippen LogP contribution in [0.2, 0.25) is 0 Å². The Bertz CT molecular complexity index is 352. The van der Waals surface area contributed by atoms with Crippen LogP contribution in [0.25, 0.3) is 0 Å². The number of oxime groups is 1. The summed E-state index contributed by atoms with van der Waals surface area (Å²) >= 11 is 0. The molecule has 0 fully saturated rings. The van der Waals surface area contributed by atoms with Crippen LogP contribution < -0.4 is 10.6 Å². The Morgan fingerprint density at radius 3 is 3.00 bits per heavy atom. The molecule has 0 aromatic carbocycles. The average Bonchev–Trinajstić information content (AvgIpc) is 2.25. The van der Waals surface area contributed by atoms with E-state index in [1.807, 2.05) is 24.9 Å². The summed E-state index contributed by atoms with van der Waals surface area (Å²) in [6.07, 6.45) is 2.20. The summed E-state index contributed by atoms with van der Waals surface area (Å²) in [5, 5.41) is 11.3. The first-order valence-electron chi connectivity index (χ1n) is 4.60. The molecular formula is C9H15N5O. The number of aryl methyl sites for hydroxylation is 1. The molecule has 0 bridgehead atoms. The Hall–Kier alpha value is -1.85. The van der Waals surface area contributed by atoms with Crippen molar-refractivity contribution in [2.75, 3.05) is 18.5 Å². The van der Waals surface area contributed by atoms with Crippen LogP contribution in [0.3, 0.4) is 0 Å². The van der Waals surface area contributed by atoms with Crippen molar-refractivity contribution in [3.8, 4) is 0 Å². The van der Waals surface area contributed by atoms with E-state index in [2.05, 4.69) is 15.1 Å². The highest BCUT2D eigenvalue weighted by Gasteiger charge is 2.03. The smallest absolute Gasteiger partial charge is 0.140 e. The van der Waals surface area contributed by atoms with Crippen molar-refractivity contribution < 1.29 is 5.21 Å². The van der Waals surface area contributed by atoms with Gasteiger partial charge in [0.15, 0.2) is 0 Å². The molecular weight excluding hydrogens is 194 g/mol. The monoisotopic (exact) mass is 209 g/mol. The molecule has 1 aromatic heterocycles. The molecule has 0 saturated heterocycles. The lowest BCUT2D eigenvalue weighted by molar-refractivity contribution is 0.317. The van der Waals surface area contributed by atoms with Crippen LogP contribution >= 0.6 is 0 Å². The van der Waals surface area contributed by atoms with E-state index in [0.717, 1.165) is 11.6 Å². The van der Waals surface area contributed by atoms with Crippen molar-refractivity contribution in [1.29, 1.82) is 0 Å². The SMILES string of the molecule is Cc1nccc(N(C)CCC(N)=NO)n1. The normalized spacial score (nSPS) is 11.5. The number of amidine groups is 1. The van der Waals surface area contributed by atoms with Crippen LogP contribution in [0, 0.1) is 6.92 Å². The fourth-order valence-corrected chi connectivity index (χ4v) is 1.10. The van der Waals surface area contributed by atoms with Crippen LogP contribution in [-0.2, 0) is 0 Å². The number of nitrogens with two attached hydrogens (primary N) is 1. The van der Waals surface area contributed by atoms with Gasteiger partial charge in [0.1, 0.15) is 17.5 Å². The molecule has 0 atom stereocenters. The zero-order valence-corrected chi connectivity index (χ0v) is 8.88. The first-order chi connectivity index (χ1) is 7.13. The molecule has 0 amide bonds. The number of nitrogens with zero attached hydrogens (tertiary/aromatic N) is 4. The number of hydrogen-bond acceptors (Lipinski definition) is 5. The van der Waals surface area contributed by atoms with Gasteiger partial charge in [-0.15, -0.1) is 0 Å². The standard InChI is InChI=1S/C9H15N5O/c1-7-11-5-3-9(12-7)14(2)6-4-8(10)13-15/h3,5,15H,4,6H2,1-2H3,(H2,10,13). The molecule has 0 aliphatic carbocycles. The molecule has 1 heterocycles. The van der Waals surface area contributed by atoms with Gasteiger partial charge in [-0.1, -0.05) is 5.16 Å². The van der Waals surface area contributed by atoms with Gasteiger partial charge in [-0.2, -0.15) is 0 Å². The number of anilines is 1. The van der Waals surface area contributed by atoms with Gasteiger partial charge in [0, 0.05) is 26.2 Å². The second kappa shape index (κ2) is 5.14. The van der Waals surface area contributed by atoms with Crippen LogP contribution in [0.15, 0.2) is 17.4 Å². The van der Waals surface area contributed by atoms with E-state index >= 15 is 0 Å². The van der Waals surface area contributed by atoms with E-state index < -0.39 is 0 Å². The van der Waals surface area contributed by atoms with Crippen molar-refractivity contribution in [1.82, 2.24) is 9.97 Å². The van der Waals surface area contributed by atoms with Crippen molar-refractivity contribution in [2.24, 2.45) is 10.9 Å². The lowest BCUT2D eigenvalue weighted by Crippen LogP contribution is -2.25. The van der Waals surface area contributed by atoms with Crippen LogP contribution in [0.5, 0.6) is 0 Å². The average molecular weight is 209 g/mol. The maximum absolute atomic E-state index is 8.38. The Labute approximate surface area is 88.4 Å². The van der Waals surface area contributed by atoms with Crippen LogP contribution in [-0.4, -0.2) is 34.6 Å². The van der Waals surface area contributed by atoms with E-state index in [1.165, 1.54) is 0 Å². The molecule has 6 nitrogen and oxygen atoms in total. The Morgan fingerprint density at radius 2 is 2.40 bits per heavy atom. The van der Waals surface area contributed by atoms with Gasteiger partial charge >= 0.3 is 0 Å². The molecule has 0 aliphatic rings. The van der Waals surface area contributed by atoms with Gasteiger partial charge in [-0.3, -0.25) is 0 Å². The summed E-state index contributed by atoms with van der Waals surface area (Å²) < 4.78 is 0. The summed E-state index contributed by atoms with van der Waals surface area (Å²) in [6.45, 7) is 2.48. The van der Waals surface area contributed by atoms with Crippen molar-refractivity contribution in [3.63, 3.8) is 0 Å². The molecule has 6 heteroatoms. The lowest BCUT2D eigenvalue weighted by atomic mass is 10.3. The van der Waals surface area contributed by atoms with E-state index in [9.17, 15) is 0 Å². The summed E-state index contributed by atoms with van der Waals surface area (Å²) in [5.41, 5.74) is 5.37. The number of rotatable bonds is 4. The molecule has 0 unspecified atom stereocenters. The number of aromatic nitrogens is 2. The Morgan fingerprint density at radius 1 is 1.67 bits per heavy atom. The minimum atomic E-state index is 0.215. The minimum absolute atomic E-state index is 0.215. The zero-order valence-electron chi connectivity index (χ0n) is 8.88. The predicted octanol–water partition coefficient (Wildman–Crippen LogP) is 0.358. The Balaban J connectivity index is 2.57. The highest BCUT2D eigenvalue weighted by molar-refractivity contribution is 5.80. The third-order valence-electron chi connectivity index (χ3n) is 1.98. The highest BCUT2D eigenvalue weighted by atomic mass is 16.4. The quantitative estimate of drug-likeness (QED) is 0.323. The molecule has 1 rings (SSSR count). The molecule has 0 aliphatic heterocycles. The Kier molecular flexibility index (Phi) is 3.84. The summed E-state index contributed by atoms with van der Waals surface area (Å²) in [7, 11) is 1.90. The number of hydrogen-bond donors (Lipinski definition) is 2. The van der Waals surface area contributed by atoms with Crippen LogP contribution in [0.1, 0.15) is 12.2 Å². The molecule has 0 saturated carbocycles. The predicted molar refractivity (Wildman–Crippen MR) is 58.1 cm³/mol. The van der Waals surface area contributed by atoms with Gasteiger partial charge < -0.3 is 15.8 Å². The molecule has 15 heavy (non-hydrogen) atoms. The summed E-state index contributed by atoms with van der Waals surface area (Å²) in [5.74, 6) is 1.77. The van der Waals surface area contributed by atoms with Gasteiger partial charge in [0.2, 0.25) is 0 Å². The van der Waals surface area contributed by atoms with Crippen molar-refractivity contribution in [3.05, 3.63) is 18.1 Å². The molecule has 0 radical (unpaired) electrons. The lowest BCUT2D eigenvalue weighted by Gasteiger charge is -2.17. The third-order valence-corrected chi connectivity index (χ3v) is 1.98. The molecule has 0 spiro atoms. The molecule has 1 aromatic rings. The summed E-state index contributed by atoms with van der Waals surface area (Å²) in [4.78, 5) is 10.2. The van der Waals surface area contributed by atoms with Gasteiger partial charge in [0.25, 0.3) is 0 Å². The first-order valence-corrected chi connectivity index (χ1v) is 4.60. The van der Waals surface area contributed by atoms with Crippen LogP contribution in [0.4, 0.5) is 5.82 Å². The minimum Gasteiger partial charge on any atom is -0.409 e. The summed E-state index contributed by atoms with van der Waals surface area (Å²) in [6, 6.07) is 1.82. The molecule has 82 valence electrons. The fourth-order valence-electron chi connectivity index (χ4n) is 1.10. The maximum atomic E-state index is 8.38. The largest absolute Gasteiger partial charge is 0.409 e. The second-order valence-electron chi connectivity index (χ2n) is 3.22. The van der Waals surface area contributed by atoms with Gasteiger partial charge in [-0.25, -0.2) is 9.97 Å². The highest BCUT2D eigenvalue weighted by Crippen LogP contribution is 2.07. The second-order valence-corrected chi connectivity index (χ2v) is 3.22. The maximum Gasteiger partial charge on any atom is 0.140 e. The van der Waals surface area contributed by atoms with E-state index in [1.54, 1.807) is 6.20 Å². The third kappa shape index (κ3) is 3.41. The van der Waals surface area contributed by atoms with E-state index in [0.29, 0.717) is 13.0 Å². The van der Waals surface area contributed by atoms with E-state index in [-0.39, 0.29) is 5.84 Å². The zero-order chi connectivity index (χ0) is 11.3. The topological polar surface area (TPSA) is 87.6 Å². The van der Waals surface area contributed by atoms with Crippen molar-refractivity contribution >= 4 is 11.7 Å². The van der Waals surface area contributed by atoms with Gasteiger partial charge in [-0.05, 0) is 13.0 Å². The van der Waals surface area contributed by atoms with Crippen molar-refractivity contribution in [2.45, 2.75) is 13.3 Å².